The number of carbonyl (C=O) groups is 2. The lowest BCUT2D eigenvalue weighted by Crippen LogP contribution is -2.49. The van der Waals surface area contributed by atoms with Crippen LogP contribution in [0.15, 0.2) is 78.1 Å². The summed E-state index contributed by atoms with van der Waals surface area (Å²) in [5, 5.41) is 30.6. The summed E-state index contributed by atoms with van der Waals surface area (Å²) in [6.07, 6.45) is 14.0. The van der Waals surface area contributed by atoms with Crippen molar-refractivity contribution in [2.24, 2.45) is 21.0 Å². The van der Waals surface area contributed by atoms with Crippen LogP contribution < -0.4 is 0 Å². The number of Topliss-reactive ketones (excluding diaryl/α,β-unsaturated/α-hetero) is 2. The topological polar surface area (TPSA) is 99.3 Å². The molecule has 6 rings (SSSR count). The third-order valence-corrected chi connectivity index (χ3v) is 11.0. The van der Waals surface area contributed by atoms with Crippen LogP contribution in [-0.4, -0.2) is 45.4 Å². The molecular formula is C34H40N2O4. The SMILES string of the molecule is CC1=C(CCC=NN=CCCC2=C(C)C=C3C(=O)[C@@](C)(O)C4(CC4)C(C)=C32)C2=C(C)C3(CC3)[C@@](C)(O)C(=O)C2=C1. The monoisotopic (exact) mass is 540 g/mol. The summed E-state index contributed by atoms with van der Waals surface area (Å²) in [6.45, 7) is 11.6. The molecule has 2 N–H and O–H groups in total. The van der Waals surface area contributed by atoms with Gasteiger partial charge in [-0.05, 0) is 138 Å². The van der Waals surface area contributed by atoms with Crippen LogP contribution in [0, 0.1) is 10.8 Å². The maximum atomic E-state index is 13.1. The number of fused-ring (bicyclic) bond motifs is 2. The minimum atomic E-state index is -1.32. The minimum Gasteiger partial charge on any atom is -0.381 e. The molecule has 6 nitrogen and oxygen atoms in total. The molecule has 210 valence electrons. The number of ketones is 2. The van der Waals surface area contributed by atoms with E-state index in [1.54, 1.807) is 13.8 Å². The molecule has 0 aromatic heterocycles. The van der Waals surface area contributed by atoms with Crippen molar-refractivity contribution < 1.29 is 19.8 Å². The fourth-order valence-electron chi connectivity index (χ4n) is 8.10. The van der Waals surface area contributed by atoms with Crippen LogP contribution in [0.5, 0.6) is 0 Å². The fraction of sp³-hybridized carbons (Fsp3) is 0.529. The first kappa shape index (κ1) is 27.2. The summed E-state index contributed by atoms with van der Waals surface area (Å²) < 4.78 is 0. The second-order valence-electron chi connectivity index (χ2n) is 13.1. The molecule has 2 fully saturated rings. The molecule has 0 aliphatic heterocycles. The van der Waals surface area contributed by atoms with Crippen LogP contribution in [0.3, 0.4) is 0 Å². The number of aliphatic hydroxyl groups is 2. The Hall–Kier alpha value is -2.96. The molecule has 6 aliphatic rings. The molecule has 0 aromatic carbocycles. The second-order valence-corrected chi connectivity index (χ2v) is 13.1. The summed E-state index contributed by atoms with van der Waals surface area (Å²) in [5.74, 6) is -0.288. The minimum absolute atomic E-state index is 0.144. The van der Waals surface area contributed by atoms with Crippen molar-refractivity contribution in [1.82, 2.24) is 0 Å². The fourth-order valence-corrected chi connectivity index (χ4v) is 8.10. The Morgan fingerprint density at radius 3 is 1.38 bits per heavy atom. The van der Waals surface area contributed by atoms with Crippen molar-refractivity contribution >= 4 is 24.0 Å². The van der Waals surface area contributed by atoms with Crippen molar-refractivity contribution in [3.63, 3.8) is 0 Å². The van der Waals surface area contributed by atoms with Crippen molar-refractivity contribution in [3.05, 3.63) is 67.9 Å². The Labute approximate surface area is 236 Å². The zero-order chi connectivity index (χ0) is 28.8. The quantitative estimate of drug-likeness (QED) is 0.307. The maximum Gasteiger partial charge on any atom is 0.195 e. The number of hydrogen-bond acceptors (Lipinski definition) is 6. The number of rotatable bonds is 7. The highest BCUT2D eigenvalue weighted by Crippen LogP contribution is 2.66. The van der Waals surface area contributed by atoms with Crippen LogP contribution in [0.4, 0.5) is 0 Å². The molecule has 0 radical (unpaired) electrons. The molecule has 2 atom stereocenters. The van der Waals surface area contributed by atoms with Crippen LogP contribution in [0.1, 0.15) is 92.9 Å². The summed E-state index contributed by atoms with van der Waals surface area (Å²) in [6, 6.07) is 0. The Morgan fingerprint density at radius 2 is 1.05 bits per heavy atom. The average molecular weight is 541 g/mol. The van der Waals surface area contributed by atoms with E-state index in [9.17, 15) is 19.8 Å². The van der Waals surface area contributed by atoms with E-state index in [1.807, 2.05) is 38.4 Å². The number of hydrogen-bond donors (Lipinski definition) is 2. The predicted octanol–water partition coefficient (Wildman–Crippen LogP) is 5.98. The van der Waals surface area contributed by atoms with E-state index < -0.39 is 22.0 Å². The van der Waals surface area contributed by atoms with Gasteiger partial charge in [0.1, 0.15) is 11.2 Å². The van der Waals surface area contributed by atoms with Gasteiger partial charge < -0.3 is 10.2 Å². The van der Waals surface area contributed by atoms with E-state index in [0.29, 0.717) is 24.0 Å². The third-order valence-electron chi connectivity index (χ3n) is 11.0. The highest BCUT2D eigenvalue weighted by atomic mass is 16.3. The van der Waals surface area contributed by atoms with Gasteiger partial charge in [0.2, 0.25) is 0 Å². The summed E-state index contributed by atoms with van der Waals surface area (Å²) >= 11 is 0. The van der Waals surface area contributed by atoms with Gasteiger partial charge in [0.25, 0.3) is 0 Å². The molecule has 0 unspecified atom stereocenters. The average Bonchev–Trinajstić information content (AvgIpc) is 3.82. The first-order valence-corrected chi connectivity index (χ1v) is 14.7. The van der Waals surface area contributed by atoms with Crippen LogP contribution in [-0.2, 0) is 9.59 Å². The van der Waals surface area contributed by atoms with Gasteiger partial charge in [-0.2, -0.15) is 10.2 Å². The second kappa shape index (κ2) is 8.77. The maximum absolute atomic E-state index is 13.1. The number of carbonyl (C=O) groups excluding carboxylic acids is 2. The van der Waals surface area contributed by atoms with E-state index in [-0.39, 0.29) is 11.6 Å². The molecule has 0 amide bonds. The molecule has 2 saturated carbocycles. The Bertz CT molecular complexity index is 1390. The molecule has 0 heterocycles. The molecule has 0 aromatic rings. The van der Waals surface area contributed by atoms with Gasteiger partial charge in [-0.1, -0.05) is 11.1 Å². The van der Waals surface area contributed by atoms with Gasteiger partial charge in [0, 0.05) is 34.4 Å². The van der Waals surface area contributed by atoms with Crippen LogP contribution in [0.25, 0.3) is 0 Å². The molecular weight excluding hydrogens is 500 g/mol. The molecule has 0 bridgehead atoms. The van der Waals surface area contributed by atoms with Gasteiger partial charge in [0.05, 0.1) is 0 Å². The standard InChI is InChI=1S/C34H40N2O4/c1-19-17-25-27(21(3)33(11-12-33)31(5,39)29(25)37)23(19)9-7-15-35-36-16-8-10-24-20(2)18-26-28(24)22(4)34(13-14-34)32(6,40)30(26)38/h15-18,39-40H,7-14H2,1-6H3/t31-,32+. The highest BCUT2D eigenvalue weighted by Gasteiger charge is 2.66. The summed E-state index contributed by atoms with van der Waals surface area (Å²) in [5.41, 5.74) is 6.87. The van der Waals surface area contributed by atoms with Gasteiger partial charge in [0.15, 0.2) is 11.6 Å². The van der Waals surface area contributed by atoms with Crippen molar-refractivity contribution in [3.8, 4) is 0 Å². The number of allylic oxidation sites excluding steroid dienone is 8. The normalized spacial score (nSPS) is 31.9. The van der Waals surface area contributed by atoms with E-state index >= 15 is 0 Å². The van der Waals surface area contributed by atoms with E-state index in [1.165, 1.54) is 11.1 Å². The lowest BCUT2D eigenvalue weighted by molar-refractivity contribution is -0.138. The van der Waals surface area contributed by atoms with Crippen LogP contribution in [0.2, 0.25) is 0 Å². The largest absolute Gasteiger partial charge is 0.381 e. The van der Waals surface area contributed by atoms with Gasteiger partial charge in [-0.25, -0.2) is 0 Å². The highest BCUT2D eigenvalue weighted by molar-refractivity contribution is 6.11. The number of nitrogens with zero attached hydrogens (tertiary/aromatic N) is 2. The summed E-state index contributed by atoms with van der Waals surface area (Å²) in [7, 11) is 0. The molecule has 0 saturated heterocycles. The lowest BCUT2D eigenvalue weighted by Gasteiger charge is -2.39. The van der Waals surface area contributed by atoms with Crippen LogP contribution >= 0.6 is 0 Å². The van der Waals surface area contributed by atoms with E-state index in [4.69, 9.17) is 0 Å². The summed E-state index contributed by atoms with van der Waals surface area (Å²) in [4.78, 5) is 26.3. The first-order valence-electron chi connectivity index (χ1n) is 14.7. The lowest BCUT2D eigenvalue weighted by atomic mass is 9.67. The third kappa shape index (κ3) is 3.48. The predicted molar refractivity (Wildman–Crippen MR) is 157 cm³/mol. The zero-order valence-corrected chi connectivity index (χ0v) is 24.6. The molecule has 6 aliphatic carbocycles. The Balaban J connectivity index is 1.07. The van der Waals surface area contributed by atoms with E-state index in [0.717, 1.165) is 72.0 Å². The van der Waals surface area contributed by atoms with Crippen molar-refractivity contribution in [2.75, 3.05) is 0 Å². The Kier molecular flexibility index (Phi) is 5.97. The van der Waals surface area contributed by atoms with E-state index in [2.05, 4.69) is 24.1 Å². The van der Waals surface area contributed by atoms with Gasteiger partial charge in [-0.15, -0.1) is 0 Å². The molecule has 6 heteroatoms. The molecule has 40 heavy (non-hydrogen) atoms. The Morgan fingerprint density at radius 1 is 0.700 bits per heavy atom. The van der Waals surface area contributed by atoms with Crippen molar-refractivity contribution in [2.45, 2.75) is 104 Å². The molecule has 2 spiro atoms. The van der Waals surface area contributed by atoms with Gasteiger partial charge in [-0.3, -0.25) is 9.59 Å². The van der Waals surface area contributed by atoms with Gasteiger partial charge >= 0.3 is 0 Å². The smallest absolute Gasteiger partial charge is 0.195 e. The zero-order valence-electron chi connectivity index (χ0n) is 24.6. The van der Waals surface area contributed by atoms with Crippen molar-refractivity contribution in [1.29, 1.82) is 0 Å². The first-order chi connectivity index (χ1) is 18.8.